The molecule has 2 aromatic heterocycles. The Bertz CT molecular complexity index is 1070. The molecule has 0 atom stereocenters. The van der Waals surface area contributed by atoms with E-state index >= 15 is 0 Å². The number of fused-ring (bicyclic) bond motifs is 1. The normalized spacial score (nSPS) is 10.9. The van der Waals surface area contributed by atoms with Crippen LogP contribution >= 0.6 is 0 Å². The number of nitrogens with one attached hydrogen (secondary N) is 1. The third-order valence-electron chi connectivity index (χ3n) is 4.90. The minimum Gasteiger partial charge on any atom is -0.493 e. The molecule has 1 aromatic carbocycles. The maximum absolute atomic E-state index is 12.6. The monoisotopic (exact) mass is 383 g/mol. The Hall–Kier alpha value is -3.22. The van der Waals surface area contributed by atoms with Crippen LogP contribution in [0.2, 0.25) is 0 Å². The molecule has 0 aliphatic heterocycles. The molecule has 7 nitrogen and oxygen atoms in total. The molecule has 0 saturated heterocycles. The Kier molecular flexibility index (Phi) is 5.73. The third-order valence-corrected chi connectivity index (χ3v) is 4.90. The molecule has 0 aliphatic rings. The van der Waals surface area contributed by atoms with E-state index in [1.165, 1.54) is 0 Å². The molecule has 0 fully saturated rings. The van der Waals surface area contributed by atoms with Gasteiger partial charge in [0.1, 0.15) is 5.69 Å². The maximum atomic E-state index is 12.6. The highest BCUT2D eigenvalue weighted by Gasteiger charge is 2.15. The van der Waals surface area contributed by atoms with Gasteiger partial charge < -0.3 is 23.9 Å². The molecule has 0 aliphatic carbocycles. The van der Waals surface area contributed by atoms with Crippen LogP contribution in [-0.2, 0) is 20.0 Å². The summed E-state index contributed by atoms with van der Waals surface area (Å²) in [7, 11) is 4.98. The summed E-state index contributed by atoms with van der Waals surface area (Å²) in [6.45, 7) is 2.98. The summed E-state index contributed by atoms with van der Waals surface area (Å²) in [5, 5.41) is 3.48. The number of ether oxygens (including phenoxy) is 2. The van der Waals surface area contributed by atoms with Crippen molar-refractivity contribution < 1.29 is 14.3 Å². The molecule has 0 bridgehead atoms. The number of hydrogen-bond acceptors (Lipinski definition) is 4. The van der Waals surface area contributed by atoms with Gasteiger partial charge in [0, 0.05) is 26.3 Å². The average molecular weight is 383 g/mol. The SMILES string of the molecule is CCn1ccc2c(cc(C(=O)NCCc3ccc(OC)c(OC)c3)n2C)c1=O. The van der Waals surface area contributed by atoms with Crippen molar-refractivity contribution >= 4 is 16.8 Å². The van der Waals surface area contributed by atoms with Crippen LogP contribution in [0.15, 0.2) is 41.3 Å². The first-order valence-corrected chi connectivity index (χ1v) is 9.18. The molecule has 0 radical (unpaired) electrons. The molecule has 0 saturated carbocycles. The molecule has 0 spiro atoms. The number of hydrogen-bond donors (Lipinski definition) is 1. The topological polar surface area (TPSA) is 74.5 Å². The highest BCUT2D eigenvalue weighted by molar-refractivity contribution is 5.98. The van der Waals surface area contributed by atoms with Gasteiger partial charge in [-0.1, -0.05) is 6.07 Å². The van der Waals surface area contributed by atoms with Gasteiger partial charge in [-0.25, -0.2) is 0 Å². The fourth-order valence-corrected chi connectivity index (χ4v) is 3.29. The summed E-state index contributed by atoms with van der Waals surface area (Å²) in [6, 6.07) is 9.21. The molecule has 1 amide bonds. The maximum Gasteiger partial charge on any atom is 0.267 e. The zero-order chi connectivity index (χ0) is 20.3. The molecule has 3 rings (SSSR count). The number of methoxy groups -OCH3 is 2. The van der Waals surface area contributed by atoms with Gasteiger partial charge in [0.2, 0.25) is 0 Å². The van der Waals surface area contributed by atoms with E-state index in [0.29, 0.717) is 42.1 Å². The van der Waals surface area contributed by atoms with E-state index in [4.69, 9.17) is 9.47 Å². The largest absolute Gasteiger partial charge is 0.493 e. The van der Waals surface area contributed by atoms with Crippen molar-refractivity contribution in [1.82, 2.24) is 14.5 Å². The van der Waals surface area contributed by atoms with E-state index in [1.807, 2.05) is 31.2 Å². The van der Waals surface area contributed by atoms with Crippen LogP contribution in [0.3, 0.4) is 0 Å². The van der Waals surface area contributed by atoms with Crippen molar-refractivity contribution in [3.63, 3.8) is 0 Å². The van der Waals surface area contributed by atoms with Gasteiger partial charge in [0.15, 0.2) is 11.5 Å². The first kappa shape index (κ1) is 19.5. The van der Waals surface area contributed by atoms with E-state index in [0.717, 1.165) is 11.1 Å². The van der Waals surface area contributed by atoms with E-state index < -0.39 is 0 Å². The predicted molar refractivity (Wildman–Crippen MR) is 108 cm³/mol. The summed E-state index contributed by atoms with van der Waals surface area (Å²) in [6.07, 6.45) is 2.40. The van der Waals surface area contributed by atoms with Gasteiger partial charge in [-0.3, -0.25) is 9.59 Å². The molecule has 7 heteroatoms. The lowest BCUT2D eigenvalue weighted by Gasteiger charge is -2.10. The molecule has 148 valence electrons. The number of nitrogens with zero attached hydrogens (tertiary/aromatic N) is 2. The number of aryl methyl sites for hydroxylation is 2. The highest BCUT2D eigenvalue weighted by atomic mass is 16.5. The molecular weight excluding hydrogens is 358 g/mol. The lowest BCUT2D eigenvalue weighted by atomic mass is 10.1. The van der Waals surface area contributed by atoms with E-state index in [2.05, 4.69) is 5.32 Å². The molecular formula is C21H25N3O4. The molecule has 1 N–H and O–H groups in total. The molecule has 2 heterocycles. The van der Waals surface area contributed by atoms with Crippen LogP contribution in [0.5, 0.6) is 11.5 Å². The van der Waals surface area contributed by atoms with Gasteiger partial charge in [-0.05, 0) is 43.2 Å². The zero-order valence-corrected chi connectivity index (χ0v) is 16.6. The standard InChI is InChI=1S/C21H25N3O4/c1-5-24-11-9-16-15(21(24)26)13-17(23(16)2)20(25)22-10-8-14-6-7-18(27-3)19(12-14)28-4/h6-7,9,11-13H,5,8,10H2,1-4H3,(H,22,25). The third kappa shape index (κ3) is 3.60. The molecule has 3 aromatic rings. The number of rotatable bonds is 7. The predicted octanol–water partition coefficient (Wildman–Crippen LogP) is 2.35. The Morgan fingerprint density at radius 3 is 2.54 bits per heavy atom. The lowest BCUT2D eigenvalue weighted by molar-refractivity contribution is 0.0946. The molecule has 28 heavy (non-hydrogen) atoms. The fourth-order valence-electron chi connectivity index (χ4n) is 3.29. The van der Waals surface area contributed by atoms with E-state index in [1.54, 1.807) is 42.7 Å². The summed E-state index contributed by atoms with van der Waals surface area (Å²) < 4.78 is 13.9. The van der Waals surface area contributed by atoms with E-state index in [-0.39, 0.29) is 11.5 Å². The van der Waals surface area contributed by atoms with Crippen LogP contribution in [-0.4, -0.2) is 35.8 Å². The first-order chi connectivity index (χ1) is 13.5. The average Bonchev–Trinajstić information content (AvgIpc) is 3.05. The van der Waals surface area contributed by atoms with E-state index in [9.17, 15) is 9.59 Å². The second kappa shape index (κ2) is 8.21. The quantitative estimate of drug-likeness (QED) is 0.680. The van der Waals surface area contributed by atoms with Crippen LogP contribution in [0.4, 0.5) is 0 Å². The van der Waals surface area contributed by atoms with Gasteiger partial charge in [-0.15, -0.1) is 0 Å². The van der Waals surface area contributed by atoms with Gasteiger partial charge >= 0.3 is 0 Å². The van der Waals surface area contributed by atoms with Crippen molar-refractivity contribution in [3.05, 3.63) is 58.1 Å². The summed E-state index contributed by atoms with van der Waals surface area (Å²) in [4.78, 5) is 25.1. The Morgan fingerprint density at radius 1 is 1.11 bits per heavy atom. The highest BCUT2D eigenvalue weighted by Crippen LogP contribution is 2.27. The Balaban J connectivity index is 1.73. The summed E-state index contributed by atoms with van der Waals surface area (Å²) >= 11 is 0. The smallest absolute Gasteiger partial charge is 0.267 e. The second-order valence-corrected chi connectivity index (χ2v) is 6.49. The van der Waals surface area contributed by atoms with Crippen LogP contribution in [0.1, 0.15) is 23.0 Å². The van der Waals surface area contributed by atoms with Gasteiger partial charge in [0.05, 0.1) is 25.1 Å². The Morgan fingerprint density at radius 2 is 1.86 bits per heavy atom. The fraction of sp³-hybridized carbons (Fsp3) is 0.333. The minimum atomic E-state index is -0.207. The Labute approximate surface area is 163 Å². The lowest BCUT2D eigenvalue weighted by Crippen LogP contribution is -2.27. The van der Waals surface area contributed by atoms with Crippen molar-refractivity contribution in [2.24, 2.45) is 7.05 Å². The second-order valence-electron chi connectivity index (χ2n) is 6.49. The number of aromatic nitrogens is 2. The summed E-state index contributed by atoms with van der Waals surface area (Å²) in [5.41, 5.74) is 2.16. The summed E-state index contributed by atoms with van der Waals surface area (Å²) in [5.74, 6) is 1.12. The van der Waals surface area contributed by atoms with Gasteiger partial charge in [-0.2, -0.15) is 0 Å². The number of amides is 1. The number of carbonyl (C=O) groups excluding carboxylic acids is 1. The van der Waals surface area contributed by atoms with Crippen LogP contribution < -0.4 is 20.3 Å². The van der Waals surface area contributed by atoms with Crippen LogP contribution in [0.25, 0.3) is 10.9 Å². The number of pyridine rings is 1. The van der Waals surface area contributed by atoms with Crippen LogP contribution in [0, 0.1) is 0 Å². The first-order valence-electron chi connectivity index (χ1n) is 9.18. The number of benzene rings is 1. The van der Waals surface area contributed by atoms with Crippen molar-refractivity contribution in [3.8, 4) is 11.5 Å². The van der Waals surface area contributed by atoms with Gasteiger partial charge in [0.25, 0.3) is 11.5 Å². The zero-order valence-electron chi connectivity index (χ0n) is 16.6. The minimum absolute atomic E-state index is 0.0834. The van der Waals surface area contributed by atoms with Crippen molar-refractivity contribution in [2.45, 2.75) is 19.9 Å². The van der Waals surface area contributed by atoms with Crippen molar-refractivity contribution in [1.29, 1.82) is 0 Å². The molecule has 0 unspecified atom stereocenters. The van der Waals surface area contributed by atoms with Crippen molar-refractivity contribution in [2.75, 3.05) is 20.8 Å². The number of carbonyl (C=O) groups is 1.